The summed E-state index contributed by atoms with van der Waals surface area (Å²) in [6, 6.07) is 5.76. The minimum Gasteiger partial charge on any atom is -0.480 e. The molecule has 2 rings (SSSR count). The van der Waals surface area contributed by atoms with Gasteiger partial charge >= 0.3 is 5.97 Å². The number of nitrogens with one attached hydrogen (secondary N) is 1. The number of benzene rings is 1. The van der Waals surface area contributed by atoms with E-state index in [0.29, 0.717) is 24.3 Å². The van der Waals surface area contributed by atoms with E-state index in [0.717, 1.165) is 0 Å². The van der Waals surface area contributed by atoms with E-state index in [-0.39, 0.29) is 5.56 Å². The van der Waals surface area contributed by atoms with Crippen molar-refractivity contribution in [3.05, 3.63) is 42.2 Å². The van der Waals surface area contributed by atoms with Crippen molar-refractivity contribution in [1.82, 2.24) is 15.1 Å². The fourth-order valence-corrected chi connectivity index (χ4v) is 2.10. The molecule has 0 spiro atoms. The standard InChI is InChI=1S/C16H19N3O4/c1-3-6-13(16(21)22)18-15(20)12-7-4-5-8-14(12)23-11-9-17-19(2)10-11/h4-5,7-10,13H,3,6H2,1-2H3,(H,18,20)(H,21,22). The highest BCUT2D eigenvalue weighted by atomic mass is 16.5. The van der Waals surface area contributed by atoms with Gasteiger partial charge in [-0.25, -0.2) is 4.79 Å². The number of ether oxygens (including phenoxy) is 1. The third-order valence-corrected chi connectivity index (χ3v) is 3.22. The van der Waals surface area contributed by atoms with Crippen molar-refractivity contribution in [2.75, 3.05) is 0 Å². The minimum absolute atomic E-state index is 0.277. The fourth-order valence-electron chi connectivity index (χ4n) is 2.10. The van der Waals surface area contributed by atoms with Crippen LogP contribution in [0.4, 0.5) is 0 Å². The Morgan fingerprint density at radius 3 is 2.74 bits per heavy atom. The van der Waals surface area contributed by atoms with Crippen molar-refractivity contribution in [3.8, 4) is 11.5 Å². The lowest BCUT2D eigenvalue weighted by Crippen LogP contribution is -2.40. The number of nitrogens with zero attached hydrogens (tertiary/aromatic N) is 2. The first-order valence-corrected chi connectivity index (χ1v) is 7.30. The van der Waals surface area contributed by atoms with Crippen LogP contribution in [0, 0.1) is 0 Å². The van der Waals surface area contributed by atoms with Crippen molar-refractivity contribution in [3.63, 3.8) is 0 Å². The number of hydrogen-bond donors (Lipinski definition) is 2. The van der Waals surface area contributed by atoms with Crippen LogP contribution >= 0.6 is 0 Å². The highest BCUT2D eigenvalue weighted by Crippen LogP contribution is 2.24. The highest BCUT2D eigenvalue weighted by Gasteiger charge is 2.21. The van der Waals surface area contributed by atoms with E-state index >= 15 is 0 Å². The van der Waals surface area contributed by atoms with Crippen molar-refractivity contribution < 1.29 is 19.4 Å². The summed E-state index contributed by atoms with van der Waals surface area (Å²) in [6.45, 7) is 1.86. The van der Waals surface area contributed by atoms with E-state index in [4.69, 9.17) is 9.84 Å². The smallest absolute Gasteiger partial charge is 0.326 e. The molecule has 1 heterocycles. The zero-order chi connectivity index (χ0) is 16.8. The van der Waals surface area contributed by atoms with Crippen LogP contribution in [0.5, 0.6) is 11.5 Å². The molecule has 23 heavy (non-hydrogen) atoms. The average Bonchev–Trinajstić information content (AvgIpc) is 2.92. The zero-order valence-electron chi connectivity index (χ0n) is 13.0. The number of aromatic nitrogens is 2. The largest absolute Gasteiger partial charge is 0.480 e. The molecule has 2 aromatic rings. The number of rotatable bonds is 7. The van der Waals surface area contributed by atoms with Gasteiger partial charge in [0, 0.05) is 7.05 Å². The molecule has 0 saturated heterocycles. The van der Waals surface area contributed by atoms with Crippen molar-refractivity contribution in [2.24, 2.45) is 7.05 Å². The number of carbonyl (C=O) groups is 2. The summed E-state index contributed by atoms with van der Waals surface area (Å²) >= 11 is 0. The average molecular weight is 317 g/mol. The van der Waals surface area contributed by atoms with Crippen molar-refractivity contribution in [2.45, 2.75) is 25.8 Å². The van der Waals surface area contributed by atoms with Gasteiger partial charge in [0.05, 0.1) is 18.0 Å². The van der Waals surface area contributed by atoms with Crippen LogP contribution in [0.15, 0.2) is 36.7 Å². The first-order chi connectivity index (χ1) is 11.0. The van der Waals surface area contributed by atoms with E-state index in [1.54, 1.807) is 42.2 Å². The van der Waals surface area contributed by atoms with Crippen LogP contribution < -0.4 is 10.1 Å². The molecule has 122 valence electrons. The van der Waals surface area contributed by atoms with Gasteiger partial charge in [-0.2, -0.15) is 5.10 Å². The first-order valence-electron chi connectivity index (χ1n) is 7.30. The van der Waals surface area contributed by atoms with Crippen LogP contribution in [-0.4, -0.2) is 32.8 Å². The second kappa shape index (κ2) is 7.44. The Kier molecular flexibility index (Phi) is 5.35. The number of para-hydroxylation sites is 1. The summed E-state index contributed by atoms with van der Waals surface area (Å²) in [5.41, 5.74) is 0.277. The molecule has 0 saturated carbocycles. The number of aryl methyl sites for hydroxylation is 1. The molecule has 0 aliphatic heterocycles. The van der Waals surface area contributed by atoms with Gasteiger partial charge in [0.1, 0.15) is 11.8 Å². The second-order valence-corrected chi connectivity index (χ2v) is 5.10. The first kappa shape index (κ1) is 16.5. The topological polar surface area (TPSA) is 93.5 Å². The molecule has 1 unspecified atom stereocenters. The molecular formula is C16H19N3O4. The van der Waals surface area contributed by atoms with Crippen LogP contribution in [0.25, 0.3) is 0 Å². The summed E-state index contributed by atoms with van der Waals surface area (Å²) in [6.07, 6.45) is 4.23. The molecule has 0 radical (unpaired) electrons. The molecule has 2 N–H and O–H groups in total. The van der Waals surface area contributed by atoms with Gasteiger partial charge in [-0.3, -0.25) is 9.48 Å². The molecule has 0 bridgehead atoms. The summed E-state index contributed by atoms with van der Waals surface area (Å²) in [5.74, 6) is -0.689. The molecule has 0 fully saturated rings. The van der Waals surface area contributed by atoms with Crippen LogP contribution in [0.2, 0.25) is 0 Å². The summed E-state index contributed by atoms with van der Waals surface area (Å²) in [4.78, 5) is 23.6. The highest BCUT2D eigenvalue weighted by molar-refractivity contribution is 5.99. The van der Waals surface area contributed by atoms with Gasteiger partial charge in [0.2, 0.25) is 0 Å². The van der Waals surface area contributed by atoms with Crippen LogP contribution in [0.3, 0.4) is 0 Å². The Bertz CT molecular complexity index is 696. The fraction of sp³-hybridized carbons (Fsp3) is 0.312. The predicted octanol–water partition coefficient (Wildman–Crippen LogP) is 2.20. The van der Waals surface area contributed by atoms with Gasteiger partial charge in [-0.05, 0) is 18.6 Å². The quantitative estimate of drug-likeness (QED) is 0.816. The van der Waals surface area contributed by atoms with Gasteiger partial charge in [0.25, 0.3) is 5.91 Å². The summed E-state index contributed by atoms with van der Waals surface area (Å²) in [5, 5.41) is 15.7. The third kappa shape index (κ3) is 4.32. The Balaban J connectivity index is 2.18. The number of aliphatic carboxylic acids is 1. The zero-order valence-corrected chi connectivity index (χ0v) is 13.0. The summed E-state index contributed by atoms with van der Waals surface area (Å²) in [7, 11) is 1.76. The number of carboxylic acids is 1. The van der Waals surface area contributed by atoms with Gasteiger partial charge in [-0.15, -0.1) is 0 Å². The molecule has 1 atom stereocenters. The lowest BCUT2D eigenvalue weighted by Gasteiger charge is -2.15. The Morgan fingerprint density at radius 1 is 1.39 bits per heavy atom. The monoisotopic (exact) mass is 317 g/mol. The van der Waals surface area contributed by atoms with Gasteiger partial charge < -0.3 is 15.2 Å². The van der Waals surface area contributed by atoms with Crippen molar-refractivity contribution >= 4 is 11.9 Å². The van der Waals surface area contributed by atoms with E-state index < -0.39 is 17.9 Å². The normalized spacial score (nSPS) is 11.7. The van der Waals surface area contributed by atoms with E-state index in [1.807, 2.05) is 6.92 Å². The Morgan fingerprint density at radius 2 is 2.13 bits per heavy atom. The van der Waals surface area contributed by atoms with Crippen molar-refractivity contribution in [1.29, 1.82) is 0 Å². The number of carboxylic acid groups (broad SMARTS) is 1. The lowest BCUT2D eigenvalue weighted by molar-refractivity contribution is -0.139. The van der Waals surface area contributed by atoms with E-state index in [9.17, 15) is 9.59 Å². The SMILES string of the molecule is CCCC(NC(=O)c1ccccc1Oc1cnn(C)c1)C(=O)O. The van der Waals surface area contributed by atoms with Gasteiger partial charge in [-0.1, -0.05) is 25.5 Å². The number of amides is 1. The van der Waals surface area contributed by atoms with E-state index in [2.05, 4.69) is 10.4 Å². The number of hydrogen-bond acceptors (Lipinski definition) is 4. The molecule has 0 aliphatic rings. The lowest BCUT2D eigenvalue weighted by atomic mass is 10.1. The summed E-state index contributed by atoms with van der Waals surface area (Å²) < 4.78 is 7.24. The maximum absolute atomic E-state index is 12.4. The predicted molar refractivity (Wildman–Crippen MR) is 83.5 cm³/mol. The molecule has 0 aliphatic carbocycles. The van der Waals surface area contributed by atoms with Crippen LogP contribution in [0.1, 0.15) is 30.1 Å². The minimum atomic E-state index is -1.05. The molecule has 1 aromatic heterocycles. The van der Waals surface area contributed by atoms with Crippen LogP contribution in [-0.2, 0) is 11.8 Å². The molecular weight excluding hydrogens is 298 g/mol. The Hall–Kier alpha value is -2.83. The second-order valence-electron chi connectivity index (χ2n) is 5.10. The third-order valence-electron chi connectivity index (χ3n) is 3.22. The molecule has 1 amide bonds. The van der Waals surface area contributed by atoms with E-state index in [1.165, 1.54) is 6.20 Å². The maximum Gasteiger partial charge on any atom is 0.326 e. The number of carbonyl (C=O) groups excluding carboxylic acids is 1. The Labute approximate surface area is 133 Å². The molecule has 1 aromatic carbocycles. The molecule has 7 heteroatoms. The molecule has 7 nitrogen and oxygen atoms in total. The maximum atomic E-state index is 12.4. The van der Waals surface area contributed by atoms with Gasteiger partial charge in [0.15, 0.2) is 5.75 Å².